The van der Waals surface area contributed by atoms with Crippen molar-refractivity contribution in [2.45, 2.75) is 26.2 Å². The Labute approximate surface area is 109 Å². The molecule has 0 aliphatic carbocycles. The van der Waals surface area contributed by atoms with Crippen molar-refractivity contribution in [3.8, 4) is 11.5 Å². The molecular formula is C13H14ClNO3. The van der Waals surface area contributed by atoms with Gasteiger partial charge in [-0.2, -0.15) is 0 Å². The number of aromatic amines is 1. The summed E-state index contributed by atoms with van der Waals surface area (Å²) >= 11 is 5.93. The molecule has 0 spiro atoms. The minimum absolute atomic E-state index is 0.127. The highest BCUT2D eigenvalue weighted by Gasteiger charge is 2.21. The number of halogens is 1. The first-order chi connectivity index (χ1) is 8.23. The van der Waals surface area contributed by atoms with Crippen LogP contribution in [0.15, 0.2) is 17.1 Å². The maximum absolute atomic E-state index is 12.4. The molecule has 2 aromatic rings. The topological polar surface area (TPSA) is 73.3 Å². The number of hydrogen-bond acceptors (Lipinski definition) is 3. The van der Waals surface area contributed by atoms with Crippen molar-refractivity contribution >= 4 is 22.5 Å². The Bertz CT molecular complexity index is 683. The number of phenolic OH excluding ortho intramolecular Hbond substituents is 2. The summed E-state index contributed by atoms with van der Waals surface area (Å²) in [5.74, 6) is -0.826. The molecule has 4 nitrogen and oxygen atoms in total. The molecule has 3 N–H and O–H groups in total. The van der Waals surface area contributed by atoms with Crippen molar-refractivity contribution in [2.24, 2.45) is 0 Å². The Balaban J connectivity index is 2.96. The van der Waals surface area contributed by atoms with Gasteiger partial charge < -0.3 is 15.2 Å². The molecule has 96 valence electrons. The lowest BCUT2D eigenvalue weighted by atomic mass is 9.87. The largest absolute Gasteiger partial charge is 0.504 e. The Kier molecular flexibility index (Phi) is 2.78. The Hall–Kier alpha value is -1.68. The molecule has 0 aliphatic heterocycles. The van der Waals surface area contributed by atoms with Gasteiger partial charge in [-0.25, -0.2) is 0 Å². The van der Waals surface area contributed by atoms with Gasteiger partial charge in [-0.3, -0.25) is 4.79 Å². The van der Waals surface area contributed by atoms with Crippen LogP contribution in [0.1, 0.15) is 26.3 Å². The van der Waals surface area contributed by atoms with E-state index in [2.05, 4.69) is 4.98 Å². The number of pyridine rings is 1. The average molecular weight is 268 g/mol. The van der Waals surface area contributed by atoms with Crippen molar-refractivity contribution < 1.29 is 10.2 Å². The van der Waals surface area contributed by atoms with Gasteiger partial charge in [0.2, 0.25) is 0 Å². The third-order valence-electron chi connectivity index (χ3n) is 2.87. The molecule has 1 aromatic heterocycles. The van der Waals surface area contributed by atoms with E-state index in [0.717, 1.165) is 0 Å². The zero-order valence-electron chi connectivity index (χ0n) is 10.3. The van der Waals surface area contributed by atoms with Crippen molar-refractivity contribution in [1.82, 2.24) is 4.98 Å². The summed E-state index contributed by atoms with van der Waals surface area (Å²) in [6.07, 6.45) is 1.61. The fourth-order valence-corrected chi connectivity index (χ4v) is 2.15. The second-order valence-corrected chi connectivity index (χ2v) is 5.64. The molecular weight excluding hydrogens is 254 g/mol. The van der Waals surface area contributed by atoms with Crippen LogP contribution < -0.4 is 5.43 Å². The van der Waals surface area contributed by atoms with Gasteiger partial charge in [-0.15, -0.1) is 0 Å². The zero-order chi connectivity index (χ0) is 13.7. The highest BCUT2D eigenvalue weighted by molar-refractivity contribution is 6.37. The van der Waals surface area contributed by atoms with Gasteiger partial charge in [0, 0.05) is 17.8 Å². The van der Waals surface area contributed by atoms with Crippen LogP contribution in [0.2, 0.25) is 5.02 Å². The molecule has 1 aromatic carbocycles. The Morgan fingerprint density at radius 1 is 1.28 bits per heavy atom. The van der Waals surface area contributed by atoms with Gasteiger partial charge in [0.05, 0.1) is 15.9 Å². The minimum Gasteiger partial charge on any atom is -0.504 e. The number of aromatic hydroxyl groups is 2. The number of hydrogen-bond donors (Lipinski definition) is 3. The molecule has 5 heteroatoms. The quantitative estimate of drug-likeness (QED) is 0.643. The van der Waals surface area contributed by atoms with Crippen molar-refractivity contribution in [3.05, 3.63) is 33.1 Å². The number of aromatic nitrogens is 1. The van der Waals surface area contributed by atoms with E-state index >= 15 is 0 Å². The molecule has 0 amide bonds. The Morgan fingerprint density at radius 3 is 2.44 bits per heavy atom. The summed E-state index contributed by atoms with van der Waals surface area (Å²) in [6.45, 7) is 5.74. The lowest BCUT2D eigenvalue weighted by Gasteiger charge is -2.18. The van der Waals surface area contributed by atoms with Crippen LogP contribution in [0.5, 0.6) is 11.5 Å². The summed E-state index contributed by atoms with van der Waals surface area (Å²) < 4.78 is 0. The van der Waals surface area contributed by atoms with Crippen LogP contribution in [-0.2, 0) is 5.41 Å². The molecule has 2 rings (SSSR count). The van der Waals surface area contributed by atoms with Crippen molar-refractivity contribution in [1.29, 1.82) is 0 Å². The third kappa shape index (κ3) is 1.82. The number of nitrogens with one attached hydrogen (secondary N) is 1. The van der Waals surface area contributed by atoms with Gasteiger partial charge in [-0.1, -0.05) is 32.4 Å². The number of phenols is 2. The van der Waals surface area contributed by atoms with Crippen molar-refractivity contribution in [2.75, 3.05) is 0 Å². The molecule has 0 atom stereocenters. The Morgan fingerprint density at radius 2 is 1.89 bits per heavy atom. The van der Waals surface area contributed by atoms with Gasteiger partial charge in [0.15, 0.2) is 16.9 Å². The standard InChI is InChI=1S/C13H14ClNO3/c1-13(2,3)6-5-15-7-4-8(16)12(18)10(14)9(7)11(6)17/h4-5,16,18H,1-3H3,(H,15,17). The smallest absolute Gasteiger partial charge is 0.194 e. The third-order valence-corrected chi connectivity index (χ3v) is 3.24. The monoisotopic (exact) mass is 267 g/mol. The van der Waals surface area contributed by atoms with E-state index < -0.39 is 5.75 Å². The van der Waals surface area contributed by atoms with E-state index in [1.807, 2.05) is 20.8 Å². The summed E-state index contributed by atoms with van der Waals surface area (Å²) in [7, 11) is 0. The van der Waals surface area contributed by atoms with E-state index in [1.54, 1.807) is 6.20 Å². The van der Waals surface area contributed by atoms with E-state index in [4.69, 9.17) is 11.6 Å². The van der Waals surface area contributed by atoms with Crippen LogP contribution in [-0.4, -0.2) is 15.2 Å². The number of H-pyrrole nitrogens is 1. The summed E-state index contributed by atoms with van der Waals surface area (Å²) in [5.41, 5.74) is 0.394. The molecule has 0 unspecified atom stereocenters. The first-order valence-electron chi connectivity index (χ1n) is 5.50. The van der Waals surface area contributed by atoms with Crippen LogP contribution in [0.3, 0.4) is 0 Å². The first-order valence-corrected chi connectivity index (χ1v) is 5.87. The predicted molar refractivity (Wildman–Crippen MR) is 71.6 cm³/mol. The van der Waals surface area contributed by atoms with Gasteiger partial charge >= 0.3 is 0 Å². The SMILES string of the molecule is CC(C)(C)c1c[nH]c2cc(O)c(O)c(Cl)c2c1=O. The summed E-state index contributed by atoms with van der Waals surface area (Å²) in [4.78, 5) is 15.3. The van der Waals surface area contributed by atoms with Crippen molar-refractivity contribution in [3.63, 3.8) is 0 Å². The van der Waals surface area contributed by atoms with Crippen LogP contribution in [0.25, 0.3) is 10.9 Å². The maximum atomic E-state index is 12.4. The van der Waals surface area contributed by atoms with E-state index in [-0.39, 0.29) is 27.0 Å². The molecule has 18 heavy (non-hydrogen) atoms. The molecule has 0 saturated carbocycles. The molecule has 0 aliphatic rings. The normalized spacial score (nSPS) is 12.0. The predicted octanol–water partition coefficient (Wildman–Crippen LogP) is 2.89. The average Bonchev–Trinajstić information content (AvgIpc) is 2.24. The van der Waals surface area contributed by atoms with E-state index in [9.17, 15) is 15.0 Å². The molecule has 0 bridgehead atoms. The fraction of sp³-hybridized carbons (Fsp3) is 0.308. The van der Waals surface area contributed by atoms with Crippen LogP contribution in [0.4, 0.5) is 0 Å². The highest BCUT2D eigenvalue weighted by Crippen LogP contribution is 2.37. The second kappa shape index (κ2) is 3.92. The highest BCUT2D eigenvalue weighted by atomic mass is 35.5. The molecule has 0 fully saturated rings. The molecule has 0 saturated heterocycles. The molecule has 1 heterocycles. The van der Waals surface area contributed by atoms with Gasteiger partial charge in [-0.05, 0) is 5.41 Å². The number of fused-ring (bicyclic) bond motifs is 1. The maximum Gasteiger partial charge on any atom is 0.194 e. The second-order valence-electron chi connectivity index (χ2n) is 5.26. The van der Waals surface area contributed by atoms with Gasteiger partial charge in [0.25, 0.3) is 0 Å². The van der Waals surface area contributed by atoms with Crippen LogP contribution in [0, 0.1) is 0 Å². The number of benzene rings is 1. The van der Waals surface area contributed by atoms with E-state index in [1.165, 1.54) is 6.07 Å². The summed E-state index contributed by atoms with van der Waals surface area (Å²) in [5, 5.41) is 19.1. The first kappa shape index (κ1) is 12.8. The van der Waals surface area contributed by atoms with E-state index in [0.29, 0.717) is 11.1 Å². The summed E-state index contributed by atoms with van der Waals surface area (Å²) in [6, 6.07) is 1.28. The van der Waals surface area contributed by atoms with Gasteiger partial charge in [0.1, 0.15) is 0 Å². The minimum atomic E-state index is -0.472. The van der Waals surface area contributed by atoms with Crippen LogP contribution >= 0.6 is 11.6 Å². The lowest BCUT2D eigenvalue weighted by Crippen LogP contribution is -2.23. The lowest BCUT2D eigenvalue weighted by molar-refractivity contribution is 0.405. The number of rotatable bonds is 0. The molecule has 0 radical (unpaired) electrons. The fourth-order valence-electron chi connectivity index (χ4n) is 1.87. The zero-order valence-corrected chi connectivity index (χ0v) is 11.1.